The van der Waals surface area contributed by atoms with Crippen molar-refractivity contribution >= 4 is 27.0 Å². The molecule has 1 atom stereocenters. The molecular weight excluding hydrogens is 356 g/mol. The molecule has 0 aliphatic rings. The molecule has 4 nitrogen and oxygen atoms in total. The number of aliphatic hydroxyl groups excluding tert-OH is 1. The molecule has 5 heteroatoms. The molecule has 0 spiro atoms. The van der Waals surface area contributed by atoms with Crippen LogP contribution in [0.1, 0.15) is 11.1 Å². The lowest BCUT2D eigenvalue weighted by Gasteiger charge is -2.14. The maximum absolute atomic E-state index is 10.2. The van der Waals surface area contributed by atoms with Crippen LogP contribution in [-0.2, 0) is 6.54 Å². The first-order chi connectivity index (χ1) is 11.0. The van der Waals surface area contributed by atoms with Crippen molar-refractivity contribution in [1.82, 2.24) is 9.55 Å². The summed E-state index contributed by atoms with van der Waals surface area (Å²) in [6, 6.07) is 11.8. The second-order valence-electron chi connectivity index (χ2n) is 5.74. The van der Waals surface area contributed by atoms with Gasteiger partial charge in [0.1, 0.15) is 18.5 Å². The molecule has 0 radical (unpaired) electrons. The molecule has 0 amide bonds. The molecule has 0 bridgehead atoms. The first-order valence-corrected chi connectivity index (χ1v) is 8.31. The Morgan fingerprint density at radius 2 is 1.87 bits per heavy atom. The van der Waals surface area contributed by atoms with Crippen LogP contribution in [0.4, 0.5) is 0 Å². The molecule has 0 aliphatic heterocycles. The van der Waals surface area contributed by atoms with Gasteiger partial charge in [-0.25, -0.2) is 4.98 Å². The van der Waals surface area contributed by atoms with E-state index in [1.165, 1.54) is 11.1 Å². The Morgan fingerprint density at radius 3 is 2.61 bits per heavy atom. The third kappa shape index (κ3) is 3.74. The lowest BCUT2D eigenvalue weighted by atomic mass is 10.1. The number of benzene rings is 2. The van der Waals surface area contributed by atoms with E-state index in [9.17, 15) is 5.11 Å². The fourth-order valence-corrected chi connectivity index (χ4v) is 2.73. The topological polar surface area (TPSA) is 47.3 Å². The molecule has 3 rings (SSSR count). The van der Waals surface area contributed by atoms with Gasteiger partial charge in [-0.15, -0.1) is 0 Å². The number of hydrogen-bond donors (Lipinski definition) is 1. The molecule has 0 saturated heterocycles. The highest BCUT2D eigenvalue weighted by Gasteiger charge is 2.10. The summed E-state index contributed by atoms with van der Waals surface area (Å²) >= 11 is 3.38. The van der Waals surface area contributed by atoms with Gasteiger partial charge < -0.3 is 14.4 Å². The third-order valence-corrected chi connectivity index (χ3v) is 4.43. The highest BCUT2D eigenvalue weighted by atomic mass is 79.9. The SMILES string of the molecule is Cc1cc2ncn(C[C@@H](O)COc3ccc(Br)cc3)c2cc1C. The highest BCUT2D eigenvalue weighted by Crippen LogP contribution is 2.19. The molecule has 0 unspecified atom stereocenters. The van der Waals surface area contributed by atoms with Crippen LogP contribution in [0, 0.1) is 13.8 Å². The van der Waals surface area contributed by atoms with Crippen molar-refractivity contribution in [3.8, 4) is 5.75 Å². The lowest BCUT2D eigenvalue weighted by molar-refractivity contribution is 0.0934. The zero-order valence-corrected chi connectivity index (χ0v) is 14.7. The number of rotatable bonds is 5. The first kappa shape index (κ1) is 16.0. The molecular formula is C18H19BrN2O2. The van der Waals surface area contributed by atoms with Gasteiger partial charge in [0.25, 0.3) is 0 Å². The molecule has 1 heterocycles. The molecule has 1 aromatic heterocycles. The number of imidazole rings is 1. The Hall–Kier alpha value is -1.85. The number of halogens is 1. The molecule has 120 valence electrons. The summed E-state index contributed by atoms with van der Waals surface area (Å²) in [6.45, 7) is 4.86. The van der Waals surface area contributed by atoms with Crippen LogP contribution in [0.5, 0.6) is 5.75 Å². The van der Waals surface area contributed by atoms with Crippen LogP contribution < -0.4 is 4.74 Å². The zero-order valence-electron chi connectivity index (χ0n) is 13.2. The average molecular weight is 375 g/mol. The summed E-state index contributed by atoms with van der Waals surface area (Å²) in [5.41, 5.74) is 4.44. The fourth-order valence-electron chi connectivity index (χ4n) is 2.46. The van der Waals surface area contributed by atoms with Gasteiger partial charge in [0.2, 0.25) is 0 Å². The standard InChI is InChI=1S/C18H19BrN2O2/c1-12-7-17-18(8-13(12)2)21(11-20-17)9-15(22)10-23-16-5-3-14(19)4-6-16/h3-8,11,15,22H,9-10H2,1-2H3/t15-/m1/s1. The van der Waals surface area contributed by atoms with Crippen molar-refractivity contribution in [3.63, 3.8) is 0 Å². The maximum atomic E-state index is 10.2. The minimum absolute atomic E-state index is 0.242. The van der Waals surface area contributed by atoms with E-state index >= 15 is 0 Å². The molecule has 23 heavy (non-hydrogen) atoms. The van der Waals surface area contributed by atoms with Crippen molar-refractivity contribution < 1.29 is 9.84 Å². The van der Waals surface area contributed by atoms with Crippen LogP contribution in [0.3, 0.4) is 0 Å². The van der Waals surface area contributed by atoms with Crippen molar-refractivity contribution in [1.29, 1.82) is 0 Å². The average Bonchev–Trinajstić information content (AvgIpc) is 2.89. The van der Waals surface area contributed by atoms with E-state index in [-0.39, 0.29) is 6.61 Å². The normalized spacial score (nSPS) is 12.5. The van der Waals surface area contributed by atoms with Crippen molar-refractivity contribution in [3.05, 3.63) is 58.3 Å². The second-order valence-corrected chi connectivity index (χ2v) is 6.66. The molecule has 2 aromatic carbocycles. The molecule has 0 aliphatic carbocycles. The van der Waals surface area contributed by atoms with Crippen molar-refractivity contribution in [2.45, 2.75) is 26.5 Å². The number of hydrogen-bond acceptors (Lipinski definition) is 3. The van der Waals surface area contributed by atoms with Gasteiger partial charge in [0, 0.05) is 4.47 Å². The van der Waals surface area contributed by atoms with E-state index in [4.69, 9.17) is 4.74 Å². The number of aromatic nitrogens is 2. The summed E-state index contributed by atoms with van der Waals surface area (Å²) in [7, 11) is 0. The summed E-state index contributed by atoms with van der Waals surface area (Å²) < 4.78 is 8.59. The van der Waals surface area contributed by atoms with E-state index in [2.05, 4.69) is 46.9 Å². The van der Waals surface area contributed by atoms with Crippen LogP contribution in [0.2, 0.25) is 0 Å². The Balaban J connectivity index is 1.67. The van der Waals surface area contributed by atoms with Gasteiger partial charge in [-0.05, 0) is 61.4 Å². The Labute approximate surface area is 143 Å². The van der Waals surface area contributed by atoms with E-state index in [0.717, 1.165) is 21.3 Å². The van der Waals surface area contributed by atoms with Gasteiger partial charge in [-0.1, -0.05) is 15.9 Å². The molecule has 1 N–H and O–H groups in total. The predicted molar refractivity (Wildman–Crippen MR) is 94.9 cm³/mol. The first-order valence-electron chi connectivity index (χ1n) is 7.51. The smallest absolute Gasteiger partial charge is 0.119 e. The minimum atomic E-state index is -0.599. The summed E-state index contributed by atoms with van der Waals surface area (Å²) in [5, 5.41) is 10.2. The quantitative estimate of drug-likeness (QED) is 0.737. The van der Waals surface area contributed by atoms with Crippen molar-refractivity contribution in [2.75, 3.05) is 6.61 Å². The van der Waals surface area contributed by atoms with Gasteiger partial charge >= 0.3 is 0 Å². The summed E-state index contributed by atoms with van der Waals surface area (Å²) in [5.74, 6) is 0.745. The molecule has 0 fully saturated rings. The maximum Gasteiger partial charge on any atom is 0.119 e. The van der Waals surface area contributed by atoms with Crippen molar-refractivity contribution in [2.24, 2.45) is 0 Å². The summed E-state index contributed by atoms with van der Waals surface area (Å²) in [4.78, 5) is 4.41. The predicted octanol–water partition coefficient (Wildman–Crippen LogP) is 3.86. The Morgan fingerprint density at radius 1 is 1.17 bits per heavy atom. The monoisotopic (exact) mass is 374 g/mol. The van der Waals surface area contributed by atoms with E-state index in [1.54, 1.807) is 6.33 Å². The van der Waals surface area contributed by atoms with Crippen LogP contribution in [0.25, 0.3) is 11.0 Å². The second kappa shape index (κ2) is 6.72. The third-order valence-electron chi connectivity index (χ3n) is 3.90. The largest absolute Gasteiger partial charge is 0.491 e. The van der Waals surface area contributed by atoms with E-state index < -0.39 is 6.10 Å². The number of ether oxygens (including phenoxy) is 1. The number of aliphatic hydroxyl groups is 1. The van der Waals surface area contributed by atoms with Gasteiger partial charge in [0.15, 0.2) is 0 Å². The zero-order chi connectivity index (χ0) is 16.4. The van der Waals surface area contributed by atoms with Crippen LogP contribution in [-0.4, -0.2) is 27.4 Å². The highest BCUT2D eigenvalue weighted by molar-refractivity contribution is 9.10. The minimum Gasteiger partial charge on any atom is -0.491 e. The summed E-state index contributed by atoms with van der Waals surface area (Å²) in [6.07, 6.45) is 1.17. The van der Waals surface area contributed by atoms with E-state index in [1.807, 2.05) is 28.8 Å². The number of aryl methyl sites for hydroxylation is 2. The fraction of sp³-hybridized carbons (Fsp3) is 0.278. The van der Waals surface area contributed by atoms with Gasteiger partial charge in [0.05, 0.1) is 23.9 Å². The van der Waals surface area contributed by atoms with E-state index in [0.29, 0.717) is 6.54 Å². The van der Waals surface area contributed by atoms with Gasteiger partial charge in [-0.3, -0.25) is 0 Å². The molecule has 3 aromatic rings. The van der Waals surface area contributed by atoms with Crippen LogP contribution >= 0.6 is 15.9 Å². The van der Waals surface area contributed by atoms with Gasteiger partial charge in [-0.2, -0.15) is 0 Å². The lowest BCUT2D eigenvalue weighted by Crippen LogP contribution is -2.23. The number of nitrogens with zero attached hydrogens (tertiary/aromatic N) is 2. The Bertz CT molecular complexity index is 812. The number of fused-ring (bicyclic) bond motifs is 1. The van der Waals surface area contributed by atoms with Crippen LogP contribution in [0.15, 0.2) is 47.2 Å². The molecule has 0 saturated carbocycles. The Kier molecular flexibility index (Phi) is 4.68.